The lowest BCUT2D eigenvalue weighted by atomic mass is 10.1. The van der Waals surface area contributed by atoms with E-state index >= 15 is 0 Å². The summed E-state index contributed by atoms with van der Waals surface area (Å²) in [7, 11) is 1.61. The van der Waals surface area contributed by atoms with Crippen molar-refractivity contribution in [2.24, 2.45) is 0 Å². The molecule has 1 heterocycles. The first-order valence-corrected chi connectivity index (χ1v) is 12.3. The minimum absolute atomic E-state index is 0.0998. The Labute approximate surface area is 206 Å². The topological polar surface area (TPSA) is 59.6 Å². The number of carbonyl (C=O) groups is 1. The average molecular weight is 525 g/mol. The summed E-state index contributed by atoms with van der Waals surface area (Å²) in [5.74, 6) is 1.17. The van der Waals surface area contributed by atoms with Gasteiger partial charge in [0, 0.05) is 10.2 Å². The second kappa shape index (κ2) is 10.8. The lowest BCUT2D eigenvalue weighted by Crippen LogP contribution is -2.30. The molecule has 3 aromatic carbocycles. The van der Waals surface area contributed by atoms with E-state index < -0.39 is 0 Å². The second-order valence-corrected chi connectivity index (χ2v) is 9.56. The first-order chi connectivity index (χ1) is 16.0. The standard InChI is InChI=1S/C26H25BrN2O3S/c1-3-17-6-11-21(12-7-17)28-26-29-25(30)24(33-26)15-19-8-13-22(23(14-19)31-2)32-16-18-4-9-20(27)10-5-18/h4-15,26,28H,3,16H2,1-2H3,(H,29,30)/b24-15-/t26-/m1/s1. The van der Waals surface area contributed by atoms with Crippen LogP contribution in [0.15, 0.2) is 76.1 Å². The highest BCUT2D eigenvalue weighted by Gasteiger charge is 2.27. The molecular weight excluding hydrogens is 500 g/mol. The van der Waals surface area contributed by atoms with Gasteiger partial charge in [0.2, 0.25) is 0 Å². The van der Waals surface area contributed by atoms with E-state index in [9.17, 15) is 4.79 Å². The molecular formula is C26H25BrN2O3S. The Morgan fingerprint density at radius 2 is 1.76 bits per heavy atom. The fourth-order valence-electron chi connectivity index (χ4n) is 3.34. The van der Waals surface area contributed by atoms with Gasteiger partial charge in [0.1, 0.15) is 6.61 Å². The van der Waals surface area contributed by atoms with Crippen molar-refractivity contribution in [1.29, 1.82) is 0 Å². The number of carbonyl (C=O) groups excluding carboxylic acids is 1. The van der Waals surface area contributed by atoms with Crippen LogP contribution in [0.2, 0.25) is 0 Å². The maximum absolute atomic E-state index is 12.5. The van der Waals surface area contributed by atoms with Crippen molar-refractivity contribution in [1.82, 2.24) is 5.32 Å². The third-order valence-electron chi connectivity index (χ3n) is 5.18. The molecule has 1 atom stereocenters. The zero-order chi connectivity index (χ0) is 23.2. The molecule has 3 aromatic rings. The number of hydrogen-bond acceptors (Lipinski definition) is 5. The van der Waals surface area contributed by atoms with Gasteiger partial charge in [-0.2, -0.15) is 0 Å². The number of benzene rings is 3. The Morgan fingerprint density at radius 3 is 2.45 bits per heavy atom. The van der Waals surface area contributed by atoms with Gasteiger partial charge in [-0.3, -0.25) is 4.79 Å². The van der Waals surface area contributed by atoms with E-state index in [1.54, 1.807) is 7.11 Å². The van der Waals surface area contributed by atoms with Gasteiger partial charge in [0.15, 0.2) is 17.0 Å². The van der Waals surface area contributed by atoms with Crippen molar-refractivity contribution in [2.75, 3.05) is 12.4 Å². The molecule has 1 amide bonds. The Kier molecular flexibility index (Phi) is 7.62. The van der Waals surface area contributed by atoms with Crippen LogP contribution in [0.1, 0.15) is 23.6 Å². The number of nitrogens with one attached hydrogen (secondary N) is 2. The largest absolute Gasteiger partial charge is 0.493 e. The molecule has 33 heavy (non-hydrogen) atoms. The smallest absolute Gasteiger partial charge is 0.260 e. The van der Waals surface area contributed by atoms with Crippen LogP contribution in [-0.4, -0.2) is 18.5 Å². The second-order valence-electron chi connectivity index (χ2n) is 7.50. The molecule has 2 N–H and O–H groups in total. The SMILES string of the molecule is CCc1ccc(N[C@@H]2NC(=O)/C(=C/c3ccc(OCc4ccc(Br)cc4)c(OC)c3)S2)cc1. The zero-order valence-corrected chi connectivity index (χ0v) is 20.8. The molecule has 4 rings (SSSR count). The van der Waals surface area contributed by atoms with Gasteiger partial charge < -0.3 is 20.1 Å². The van der Waals surface area contributed by atoms with Crippen molar-refractivity contribution in [3.05, 3.63) is 92.8 Å². The van der Waals surface area contributed by atoms with Gasteiger partial charge in [-0.05, 0) is 65.6 Å². The van der Waals surface area contributed by atoms with Crippen molar-refractivity contribution in [2.45, 2.75) is 25.4 Å². The van der Waals surface area contributed by atoms with Gasteiger partial charge in [0.05, 0.1) is 12.0 Å². The minimum Gasteiger partial charge on any atom is -0.493 e. The summed E-state index contributed by atoms with van der Waals surface area (Å²) in [6.45, 7) is 2.57. The summed E-state index contributed by atoms with van der Waals surface area (Å²) in [4.78, 5) is 13.1. The predicted molar refractivity (Wildman–Crippen MR) is 138 cm³/mol. The normalized spacial score (nSPS) is 16.5. The number of rotatable bonds is 8. The number of anilines is 1. The molecule has 0 unspecified atom stereocenters. The number of methoxy groups -OCH3 is 1. The summed E-state index contributed by atoms with van der Waals surface area (Å²) in [6, 6.07) is 21.9. The monoisotopic (exact) mass is 524 g/mol. The summed E-state index contributed by atoms with van der Waals surface area (Å²) < 4.78 is 12.5. The molecule has 1 saturated heterocycles. The van der Waals surface area contributed by atoms with E-state index in [-0.39, 0.29) is 11.4 Å². The van der Waals surface area contributed by atoms with Crippen LogP contribution in [-0.2, 0) is 17.8 Å². The Bertz CT molecular complexity index is 1150. The molecule has 0 aliphatic carbocycles. The molecule has 1 aliphatic rings. The predicted octanol–water partition coefficient (Wildman–Crippen LogP) is 6.20. The lowest BCUT2D eigenvalue weighted by molar-refractivity contribution is -0.116. The fourth-order valence-corrected chi connectivity index (χ4v) is 4.59. The van der Waals surface area contributed by atoms with Crippen LogP contribution < -0.4 is 20.1 Å². The van der Waals surface area contributed by atoms with Gasteiger partial charge in [0.25, 0.3) is 5.91 Å². The van der Waals surface area contributed by atoms with Crippen LogP contribution in [0.5, 0.6) is 11.5 Å². The number of amides is 1. The van der Waals surface area contributed by atoms with Crippen molar-refractivity contribution in [3.8, 4) is 11.5 Å². The molecule has 170 valence electrons. The van der Waals surface area contributed by atoms with Crippen molar-refractivity contribution < 1.29 is 14.3 Å². The van der Waals surface area contributed by atoms with Gasteiger partial charge in [-0.1, -0.05) is 64.9 Å². The zero-order valence-electron chi connectivity index (χ0n) is 18.4. The van der Waals surface area contributed by atoms with E-state index in [1.165, 1.54) is 17.3 Å². The molecule has 0 spiro atoms. The van der Waals surface area contributed by atoms with E-state index in [0.29, 0.717) is 23.0 Å². The number of ether oxygens (including phenoxy) is 2. The highest BCUT2D eigenvalue weighted by molar-refractivity contribution is 9.10. The van der Waals surface area contributed by atoms with Crippen molar-refractivity contribution in [3.63, 3.8) is 0 Å². The number of halogens is 1. The van der Waals surface area contributed by atoms with Gasteiger partial charge in [-0.25, -0.2) is 0 Å². The molecule has 0 bridgehead atoms. The highest BCUT2D eigenvalue weighted by atomic mass is 79.9. The van der Waals surface area contributed by atoms with Crippen LogP contribution in [0.25, 0.3) is 6.08 Å². The average Bonchev–Trinajstić information content (AvgIpc) is 3.17. The number of aryl methyl sites for hydroxylation is 1. The maximum Gasteiger partial charge on any atom is 0.260 e. The van der Waals surface area contributed by atoms with Crippen LogP contribution in [0.3, 0.4) is 0 Å². The summed E-state index contributed by atoms with van der Waals surface area (Å²) in [5.41, 5.74) is 3.97. The number of thioether (sulfide) groups is 1. The van der Waals surface area contributed by atoms with Gasteiger partial charge >= 0.3 is 0 Å². The Balaban J connectivity index is 1.41. The van der Waals surface area contributed by atoms with E-state index in [0.717, 1.165) is 27.7 Å². The van der Waals surface area contributed by atoms with Crippen molar-refractivity contribution >= 4 is 45.4 Å². The van der Waals surface area contributed by atoms with E-state index in [4.69, 9.17) is 9.47 Å². The Hall–Kier alpha value is -2.90. The molecule has 5 nitrogen and oxygen atoms in total. The molecule has 1 aliphatic heterocycles. The minimum atomic E-state index is -0.216. The quantitative estimate of drug-likeness (QED) is 0.343. The lowest BCUT2D eigenvalue weighted by Gasteiger charge is -2.13. The summed E-state index contributed by atoms with van der Waals surface area (Å²) in [5, 5.41) is 6.32. The highest BCUT2D eigenvalue weighted by Crippen LogP contribution is 2.33. The van der Waals surface area contributed by atoms with E-state index in [2.05, 4.69) is 45.6 Å². The fraction of sp³-hybridized carbons (Fsp3) is 0.192. The molecule has 0 aromatic heterocycles. The van der Waals surface area contributed by atoms with Crippen LogP contribution in [0.4, 0.5) is 5.69 Å². The molecule has 0 radical (unpaired) electrons. The van der Waals surface area contributed by atoms with Gasteiger partial charge in [-0.15, -0.1) is 0 Å². The van der Waals surface area contributed by atoms with Crippen LogP contribution >= 0.6 is 27.7 Å². The molecule has 0 saturated carbocycles. The first kappa shape index (κ1) is 23.3. The molecule has 1 fully saturated rings. The third kappa shape index (κ3) is 6.12. The Morgan fingerprint density at radius 1 is 1.03 bits per heavy atom. The maximum atomic E-state index is 12.5. The van der Waals surface area contributed by atoms with Crippen LogP contribution in [0, 0.1) is 0 Å². The van der Waals surface area contributed by atoms with E-state index in [1.807, 2.05) is 60.7 Å². The third-order valence-corrected chi connectivity index (χ3v) is 6.74. The first-order valence-electron chi connectivity index (χ1n) is 10.6. The number of hydrogen-bond donors (Lipinski definition) is 2. The summed E-state index contributed by atoms with van der Waals surface area (Å²) >= 11 is 4.90. The molecule has 7 heteroatoms. The summed E-state index contributed by atoms with van der Waals surface area (Å²) in [6.07, 6.45) is 2.86.